The monoisotopic (exact) mass is 261 g/mol. The minimum Gasteiger partial charge on any atom is -0.492 e. The van der Waals surface area contributed by atoms with E-state index in [0.29, 0.717) is 17.9 Å². The van der Waals surface area contributed by atoms with Crippen molar-refractivity contribution in [1.82, 2.24) is 9.80 Å². The molecular formula is C15H23N3O. The molecule has 1 rings (SSSR count). The van der Waals surface area contributed by atoms with Crippen LogP contribution in [-0.4, -0.2) is 57.2 Å². The molecule has 0 aliphatic carbocycles. The number of rotatable bonds is 8. The molecule has 19 heavy (non-hydrogen) atoms. The van der Waals surface area contributed by atoms with Crippen molar-refractivity contribution in [3.8, 4) is 11.8 Å². The maximum atomic E-state index is 8.94. The fourth-order valence-electron chi connectivity index (χ4n) is 1.68. The zero-order chi connectivity index (χ0) is 14.1. The molecule has 0 radical (unpaired) electrons. The topological polar surface area (TPSA) is 39.5 Å². The van der Waals surface area contributed by atoms with Gasteiger partial charge < -0.3 is 14.5 Å². The summed E-state index contributed by atoms with van der Waals surface area (Å²) in [5, 5.41) is 8.94. The van der Waals surface area contributed by atoms with Crippen molar-refractivity contribution in [3.63, 3.8) is 0 Å². The zero-order valence-corrected chi connectivity index (χ0v) is 12.1. The van der Waals surface area contributed by atoms with E-state index in [1.807, 2.05) is 18.2 Å². The molecule has 0 fully saturated rings. The first kappa shape index (κ1) is 15.5. The van der Waals surface area contributed by atoms with E-state index >= 15 is 0 Å². The molecule has 4 nitrogen and oxygen atoms in total. The van der Waals surface area contributed by atoms with Gasteiger partial charge in [-0.3, -0.25) is 0 Å². The Balaban J connectivity index is 2.22. The number of ether oxygens (including phenoxy) is 1. The number of benzene rings is 1. The SMILES string of the molecule is CN(C)CCN(C)CCCOc1ccccc1C#N. The summed E-state index contributed by atoms with van der Waals surface area (Å²) >= 11 is 0. The van der Waals surface area contributed by atoms with Gasteiger partial charge in [0.2, 0.25) is 0 Å². The molecule has 0 aliphatic rings. The molecule has 0 aliphatic heterocycles. The molecule has 0 saturated carbocycles. The molecule has 0 atom stereocenters. The van der Waals surface area contributed by atoms with Crippen molar-refractivity contribution in [2.24, 2.45) is 0 Å². The normalized spacial score (nSPS) is 10.7. The van der Waals surface area contributed by atoms with Crippen LogP contribution in [0.2, 0.25) is 0 Å². The summed E-state index contributed by atoms with van der Waals surface area (Å²) in [5.41, 5.74) is 0.600. The fourth-order valence-corrected chi connectivity index (χ4v) is 1.68. The molecule has 0 amide bonds. The number of hydrogen-bond acceptors (Lipinski definition) is 4. The Bertz CT molecular complexity index is 412. The Morgan fingerprint density at radius 2 is 1.84 bits per heavy atom. The molecule has 104 valence electrons. The van der Waals surface area contributed by atoms with Gasteiger partial charge in [-0.05, 0) is 39.7 Å². The highest BCUT2D eigenvalue weighted by Gasteiger charge is 2.02. The van der Waals surface area contributed by atoms with Crippen LogP contribution < -0.4 is 4.74 Å². The Hall–Kier alpha value is -1.57. The van der Waals surface area contributed by atoms with Crippen LogP contribution >= 0.6 is 0 Å². The maximum Gasteiger partial charge on any atom is 0.137 e. The average Bonchev–Trinajstić information content (AvgIpc) is 2.41. The van der Waals surface area contributed by atoms with Gasteiger partial charge in [-0.25, -0.2) is 0 Å². The molecular weight excluding hydrogens is 238 g/mol. The zero-order valence-electron chi connectivity index (χ0n) is 12.1. The third-order valence-electron chi connectivity index (χ3n) is 2.88. The van der Waals surface area contributed by atoms with E-state index in [1.165, 1.54) is 0 Å². The van der Waals surface area contributed by atoms with Crippen molar-refractivity contribution < 1.29 is 4.74 Å². The lowest BCUT2D eigenvalue weighted by Crippen LogP contribution is -2.30. The van der Waals surface area contributed by atoms with Crippen molar-refractivity contribution in [2.75, 3.05) is 47.4 Å². The lowest BCUT2D eigenvalue weighted by molar-refractivity contribution is 0.245. The van der Waals surface area contributed by atoms with Crippen LogP contribution in [0.5, 0.6) is 5.75 Å². The summed E-state index contributed by atoms with van der Waals surface area (Å²) < 4.78 is 5.64. The summed E-state index contributed by atoms with van der Waals surface area (Å²) in [6.07, 6.45) is 0.962. The number of nitriles is 1. The second kappa shape index (κ2) is 8.52. The van der Waals surface area contributed by atoms with E-state index in [-0.39, 0.29) is 0 Å². The molecule has 0 unspecified atom stereocenters. The Kier molecular flexibility index (Phi) is 6.94. The number of nitrogens with zero attached hydrogens (tertiary/aromatic N) is 3. The third kappa shape index (κ3) is 6.23. The fraction of sp³-hybridized carbons (Fsp3) is 0.533. The van der Waals surface area contributed by atoms with Crippen LogP contribution in [0.4, 0.5) is 0 Å². The summed E-state index contributed by atoms with van der Waals surface area (Å²) in [6, 6.07) is 9.49. The number of para-hydroxylation sites is 1. The van der Waals surface area contributed by atoms with Crippen LogP contribution in [0.15, 0.2) is 24.3 Å². The molecule has 0 bridgehead atoms. The lowest BCUT2D eigenvalue weighted by Gasteiger charge is -2.19. The highest BCUT2D eigenvalue weighted by Crippen LogP contribution is 2.16. The Morgan fingerprint density at radius 1 is 1.11 bits per heavy atom. The van der Waals surface area contributed by atoms with Crippen molar-refractivity contribution >= 4 is 0 Å². The van der Waals surface area contributed by atoms with E-state index in [9.17, 15) is 0 Å². The van der Waals surface area contributed by atoms with Gasteiger partial charge >= 0.3 is 0 Å². The average molecular weight is 261 g/mol. The molecule has 0 heterocycles. The third-order valence-corrected chi connectivity index (χ3v) is 2.88. The molecule has 0 saturated heterocycles. The standard InChI is InChI=1S/C15H23N3O/c1-17(2)10-11-18(3)9-6-12-19-15-8-5-4-7-14(15)13-16/h4-5,7-8H,6,9-12H2,1-3H3. The van der Waals surface area contributed by atoms with Crippen LogP contribution in [0.3, 0.4) is 0 Å². The van der Waals surface area contributed by atoms with Gasteiger partial charge in [0.25, 0.3) is 0 Å². The smallest absolute Gasteiger partial charge is 0.137 e. The van der Waals surface area contributed by atoms with Crippen molar-refractivity contribution in [3.05, 3.63) is 29.8 Å². The van der Waals surface area contributed by atoms with E-state index in [0.717, 1.165) is 26.1 Å². The predicted molar refractivity (Wildman–Crippen MR) is 77.3 cm³/mol. The highest BCUT2D eigenvalue weighted by molar-refractivity contribution is 5.42. The Labute approximate surface area is 116 Å². The van der Waals surface area contributed by atoms with Gasteiger partial charge in [-0.2, -0.15) is 5.26 Å². The molecule has 1 aromatic carbocycles. The molecule has 0 aromatic heterocycles. The van der Waals surface area contributed by atoms with Crippen LogP contribution in [0, 0.1) is 11.3 Å². The quantitative estimate of drug-likeness (QED) is 0.669. The molecule has 0 spiro atoms. The van der Waals surface area contributed by atoms with E-state index in [2.05, 4.69) is 37.0 Å². The summed E-state index contributed by atoms with van der Waals surface area (Å²) in [7, 11) is 6.28. The van der Waals surface area contributed by atoms with Crippen molar-refractivity contribution in [2.45, 2.75) is 6.42 Å². The summed E-state index contributed by atoms with van der Waals surface area (Å²) in [4.78, 5) is 4.47. The van der Waals surface area contributed by atoms with Gasteiger partial charge in [-0.15, -0.1) is 0 Å². The van der Waals surface area contributed by atoms with Crippen LogP contribution in [0.1, 0.15) is 12.0 Å². The Morgan fingerprint density at radius 3 is 2.53 bits per heavy atom. The van der Waals surface area contributed by atoms with Gasteiger partial charge in [-0.1, -0.05) is 12.1 Å². The van der Waals surface area contributed by atoms with E-state index in [1.54, 1.807) is 6.07 Å². The largest absolute Gasteiger partial charge is 0.492 e. The molecule has 1 aromatic rings. The minimum absolute atomic E-state index is 0.600. The van der Waals surface area contributed by atoms with Gasteiger partial charge in [0, 0.05) is 19.6 Å². The van der Waals surface area contributed by atoms with Gasteiger partial charge in [0.15, 0.2) is 0 Å². The maximum absolute atomic E-state index is 8.94. The summed E-state index contributed by atoms with van der Waals surface area (Å²) in [6.45, 7) is 3.77. The lowest BCUT2D eigenvalue weighted by atomic mass is 10.2. The number of likely N-dealkylation sites (N-methyl/N-ethyl adjacent to an activating group) is 2. The second-order valence-electron chi connectivity index (χ2n) is 4.92. The first-order chi connectivity index (χ1) is 9.13. The van der Waals surface area contributed by atoms with Crippen LogP contribution in [0.25, 0.3) is 0 Å². The first-order valence-electron chi connectivity index (χ1n) is 6.58. The second-order valence-corrected chi connectivity index (χ2v) is 4.92. The highest BCUT2D eigenvalue weighted by atomic mass is 16.5. The van der Waals surface area contributed by atoms with Gasteiger partial charge in [0.1, 0.15) is 11.8 Å². The van der Waals surface area contributed by atoms with Crippen molar-refractivity contribution in [1.29, 1.82) is 5.26 Å². The van der Waals surface area contributed by atoms with Gasteiger partial charge in [0.05, 0.1) is 12.2 Å². The van der Waals surface area contributed by atoms with E-state index in [4.69, 9.17) is 10.00 Å². The minimum atomic E-state index is 0.600. The molecule has 0 N–H and O–H groups in total. The number of hydrogen-bond donors (Lipinski definition) is 0. The molecule has 4 heteroatoms. The van der Waals surface area contributed by atoms with Crippen LogP contribution in [-0.2, 0) is 0 Å². The first-order valence-corrected chi connectivity index (χ1v) is 6.58. The predicted octanol–water partition coefficient (Wildman–Crippen LogP) is 1.82. The summed E-state index contributed by atoms with van der Waals surface area (Å²) in [5.74, 6) is 0.681. The van der Waals surface area contributed by atoms with E-state index < -0.39 is 0 Å².